The minimum Gasteiger partial charge on any atom is -0.467 e. The van der Waals surface area contributed by atoms with Crippen molar-refractivity contribution in [2.24, 2.45) is 11.8 Å². The van der Waals surface area contributed by atoms with Gasteiger partial charge in [0.2, 0.25) is 5.91 Å². The van der Waals surface area contributed by atoms with Crippen LogP contribution in [0.3, 0.4) is 0 Å². The molecule has 0 bridgehead atoms. The van der Waals surface area contributed by atoms with E-state index in [2.05, 4.69) is 10.6 Å². The predicted molar refractivity (Wildman–Crippen MR) is 77.1 cm³/mol. The van der Waals surface area contributed by atoms with Crippen molar-refractivity contribution in [3.8, 4) is 0 Å². The smallest absolute Gasteiger partial charge is 0.328 e. The van der Waals surface area contributed by atoms with Crippen LogP contribution in [0.5, 0.6) is 0 Å². The zero-order valence-corrected chi connectivity index (χ0v) is 12.7. The van der Waals surface area contributed by atoms with Gasteiger partial charge in [0, 0.05) is 0 Å². The number of thioether (sulfide) groups is 1. The van der Waals surface area contributed by atoms with Crippen molar-refractivity contribution in [3.05, 3.63) is 0 Å². The Morgan fingerprint density at radius 3 is 2.63 bits per heavy atom. The van der Waals surface area contributed by atoms with Crippen LogP contribution in [0.15, 0.2) is 0 Å². The summed E-state index contributed by atoms with van der Waals surface area (Å²) < 4.78 is 4.74. The average Bonchev–Trinajstić information content (AvgIpc) is 2.37. The molecule has 1 rings (SSSR count). The van der Waals surface area contributed by atoms with E-state index in [1.54, 1.807) is 11.8 Å². The van der Waals surface area contributed by atoms with Crippen LogP contribution < -0.4 is 10.6 Å². The molecule has 19 heavy (non-hydrogen) atoms. The van der Waals surface area contributed by atoms with Crippen molar-refractivity contribution < 1.29 is 14.3 Å². The number of ether oxygens (including phenoxy) is 1. The van der Waals surface area contributed by atoms with Crippen molar-refractivity contribution in [2.75, 3.05) is 31.7 Å². The van der Waals surface area contributed by atoms with Gasteiger partial charge in [-0.1, -0.05) is 20.3 Å². The number of rotatable bonds is 8. The van der Waals surface area contributed by atoms with Crippen LogP contribution in [-0.4, -0.2) is 49.6 Å². The topological polar surface area (TPSA) is 67.4 Å². The summed E-state index contributed by atoms with van der Waals surface area (Å²) in [5.41, 5.74) is 0. The molecular formula is C13H24N2O3S. The van der Waals surface area contributed by atoms with Gasteiger partial charge < -0.3 is 15.4 Å². The Balaban J connectivity index is 2.30. The lowest BCUT2D eigenvalue weighted by molar-refractivity contribution is -0.146. The van der Waals surface area contributed by atoms with Crippen LogP contribution in [0.2, 0.25) is 0 Å². The molecule has 0 spiro atoms. The largest absolute Gasteiger partial charge is 0.467 e. The van der Waals surface area contributed by atoms with Gasteiger partial charge in [-0.05, 0) is 30.7 Å². The van der Waals surface area contributed by atoms with E-state index in [1.165, 1.54) is 7.11 Å². The van der Waals surface area contributed by atoms with Crippen molar-refractivity contribution in [3.63, 3.8) is 0 Å². The molecule has 1 amide bonds. The van der Waals surface area contributed by atoms with Crippen LogP contribution >= 0.6 is 11.8 Å². The maximum absolute atomic E-state index is 11.8. The van der Waals surface area contributed by atoms with Gasteiger partial charge in [0.05, 0.1) is 12.9 Å². The van der Waals surface area contributed by atoms with E-state index in [1.807, 2.05) is 13.8 Å². The van der Waals surface area contributed by atoms with Crippen molar-refractivity contribution >= 4 is 23.6 Å². The fourth-order valence-electron chi connectivity index (χ4n) is 1.80. The lowest BCUT2D eigenvalue weighted by atomic mass is 9.99. The van der Waals surface area contributed by atoms with Gasteiger partial charge in [-0.15, -0.1) is 0 Å². The molecule has 1 aliphatic rings. The Bertz CT molecular complexity index is 308. The highest BCUT2D eigenvalue weighted by Gasteiger charge is 2.26. The van der Waals surface area contributed by atoms with E-state index in [0.29, 0.717) is 11.7 Å². The summed E-state index contributed by atoms with van der Waals surface area (Å²) in [6.45, 7) is 6.03. The molecule has 0 saturated carbocycles. The fourth-order valence-corrected chi connectivity index (χ4v) is 2.75. The molecule has 1 heterocycles. The molecule has 0 aromatic carbocycles. The Morgan fingerprint density at radius 2 is 2.16 bits per heavy atom. The van der Waals surface area contributed by atoms with Gasteiger partial charge in [0.1, 0.15) is 6.04 Å². The summed E-state index contributed by atoms with van der Waals surface area (Å²) in [5, 5.41) is 5.98. The van der Waals surface area contributed by atoms with E-state index in [-0.39, 0.29) is 17.8 Å². The van der Waals surface area contributed by atoms with E-state index < -0.39 is 6.04 Å². The molecule has 0 radical (unpaired) electrons. The van der Waals surface area contributed by atoms with Gasteiger partial charge in [-0.2, -0.15) is 11.8 Å². The first-order valence-corrected chi connectivity index (χ1v) is 7.89. The summed E-state index contributed by atoms with van der Waals surface area (Å²) >= 11 is 1.62. The third-order valence-corrected chi connectivity index (χ3v) is 4.61. The number of carbonyl (C=O) groups is 2. The highest BCUT2D eigenvalue weighted by atomic mass is 32.2. The molecule has 0 aliphatic carbocycles. The quantitative estimate of drug-likeness (QED) is 0.642. The van der Waals surface area contributed by atoms with Gasteiger partial charge >= 0.3 is 5.97 Å². The predicted octanol–water partition coefficient (Wildman–Crippen LogP) is 0.643. The highest BCUT2D eigenvalue weighted by Crippen LogP contribution is 2.13. The maximum atomic E-state index is 11.8. The third-order valence-electron chi connectivity index (χ3n) is 3.44. The van der Waals surface area contributed by atoms with Crippen molar-refractivity contribution in [1.29, 1.82) is 0 Å². The van der Waals surface area contributed by atoms with Gasteiger partial charge in [-0.25, -0.2) is 4.79 Å². The fraction of sp³-hybridized carbons (Fsp3) is 0.846. The van der Waals surface area contributed by atoms with Crippen LogP contribution in [0.1, 0.15) is 20.3 Å². The number of amides is 1. The molecule has 6 heteroatoms. The lowest BCUT2D eigenvalue weighted by Gasteiger charge is -2.26. The second-order valence-corrected chi connectivity index (χ2v) is 6.02. The van der Waals surface area contributed by atoms with Crippen molar-refractivity contribution in [1.82, 2.24) is 10.6 Å². The molecule has 5 nitrogen and oxygen atoms in total. The zero-order valence-electron chi connectivity index (χ0n) is 11.9. The molecule has 2 atom stereocenters. The minimum absolute atomic E-state index is 0.0808. The maximum Gasteiger partial charge on any atom is 0.328 e. The first-order valence-electron chi connectivity index (χ1n) is 6.74. The van der Waals surface area contributed by atoms with E-state index in [9.17, 15) is 9.59 Å². The Labute approximate surface area is 119 Å². The monoisotopic (exact) mass is 288 g/mol. The standard InChI is InChI=1S/C13H24N2O3S/c1-4-9(2)12(13(17)18-3)15-11(16)8-19-7-10-5-14-6-10/h9-10,12,14H,4-8H2,1-3H3,(H,15,16). The average molecular weight is 288 g/mol. The second-order valence-electron chi connectivity index (χ2n) is 4.99. The molecule has 0 aromatic rings. The summed E-state index contributed by atoms with van der Waals surface area (Å²) in [7, 11) is 1.35. The van der Waals surface area contributed by atoms with E-state index >= 15 is 0 Å². The van der Waals surface area contributed by atoms with Crippen LogP contribution in [-0.2, 0) is 14.3 Å². The molecule has 1 fully saturated rings. The summed E-state index contributed by atoms with van der Waals surface area (Å²) in [5.74, 6) is 1.71. The molecule has 1 aliphatic heterocycles. The number of methoxy groups -OCH3 is 1. The first-order chi connectivity index (χ1) is 9.08. The zero-order chi connectivity index (χ0) is 14.3. The second kappa shape index (κ2) is 8.43. The summed E-state index contributed by atoms with van der Waals surface area (Å²) in [6, 6.07) is -0.534. The molecule has 1 saturated heterocycles. The molecule has 110 valence electrons. The highest BCUT2D eigenvalue weighted by molar-refractivity contribution is 7.99. The van der Waals surface area contributed by atoms with Crippen LogP contribution in [0.25, 0.3) is 0 Å². The Kier molecular flexibility index (Phi) is 7.23. The normalized spacial score (nSPS) is 18.3. The SMILES string of the molecule is CCC(C)C(NC(=O)CSCC1CNC1)C(=O)OC. The first kappa shape index (κ1) is 16.3. The number of hydrogen-bond acceptors (Lipinski definition) is 5. The molecular weight excluding hydrogens is 264 g/mol. The molecule has 0 aromatic heterocycles. The number of esters is 1. The van der Waals surface area contributed by atoms with E-state index in [4.69, 9.17) is 4.74 Å². The number of hydrogen-bond donors (Lipinski definition) is 2. The van der Waals surface area contributed by atoms with Crippen molar-refractivity contribution in [2.45, 2.75) is 26.3 Å². The summed E-state index contributed by atoms with van der Waals surface area (Å²) in [6.07, 6.45) is 0.820. The van der Waals surface area contributed by atoms with E-state index in [0.717, 1.165) is 25.3 Å². The van der Waals surface area contributed by atoms with Gasteiger partial charge in [-0.3, -0.25) is 4.79 Å². The Hall–Kier alpha value is -0.750. The van der Waals surface area contributed by atoms with Crippen LogP contribution in [0.4, 0.5) is 0 Å². The lowest BCUT2D eigenvalue weighted by Crippen LogP contribution is -2.46. The Morgan fingerprint density at radius 1 is 1.47 bits per heavy atom. The van der Waals surface area contributed by atoms with Gasteiger partial charge in [0.25, 0.3) is 0 Å². The number of carbonyl (C=O) groups excluding carboxylic acids is 2. The third kappa shape index (κ3) is 5.40. The summed E-state index contributed by atoms with van der Waals surface area (Å²) in [4.78, 5) is 23.5. The minimum atomic E-state index is -0.534. The molecule has 2 unspecified atom stereocenters. The molecule has 2 N–H and O–H groups in total. The van der Waals surface area contributed by atoms with Gasteiger partial charge in [0.15, 0.2) is 0 Å². The van der Waals surface area contributed by atoms with Crippen LogP contribution in [0, 0.1) is 11.8 Å². The number of nitrogens with one attached hydrogen (secondary N) is 2.